The molecule has 0 aliphatic heterocycles. The number of ether oxygens (including phenoxy) is 1. The first-order valence-corrected chi connectivity index (χ1v) is 2.08. The van der Waals surface area contributed by atoms with Gasteiger partial charge in [-0.05, 0) is 6.92 Å². The summed E-state index contributed by atoms with van der Waals surface area (Å²) in [5.41, 5.74) is 5.19. The van der Waals surface area contributed by atoms with E-state index in [1.165, 1.54) is 6.26 Å². The molecule has 0 saturated carbocycles. The molecule has 0 aliphatic rings. The highest BCUT2D eigenvalue weighted by molar-refractivity contribution is 4.62. The zero-order valence-corrected chi connectivity index (χ0v) is 4.26. The Bertz CT molecular complexity index is 52.0. The summed E-state index contributed by atoms with van der Waals surface area (Å²) in [5, 5.41) is 0. The predicted octanol–water partition coefficient (Wildman–Crippen LogP) is 0.308. The van der Waals surface area contributed by atoms with E-state index in [-0.39, 0.29) is 6.04 Å². The first-order chi connectivity index (χ1) is 3.27. The van der Waals surface area contributed by atoms with Crippen molar-refractivity contribution in [2.45, 2.75) is 6.04 Å². The van der Waals surface area contributed by atoms with Gasteiger partial charge in [0.25, 0.3) is 0 Å². The van der Waals surface area contributed by atoms with E-state index < -0.39 is 0 Å². The molecule has 0 heterocycles. The lowest BCUT2D eigenvalue weighted by atomic mass is 10.4. The summed E-state index contributed by atoms with van der Waals surface area (Å²) in [6.07, 6.45) is 1.35. The fourth-order valence-electron chi connectivity index (χ4n) is 0.192. The topological polar surface area (TPSA) is 35.2 Å². The maximum Gasteiger partial charge on any atom is 0.102 e. The average Bonchev–Trinajstić information content (AvgIpc) is 1.61. The standard InChI is InChI=1S/C5H10NO/c1-3-7-4-5(2)6/h3,5H,1-2,4,6H2. The maximum absolute atomic E-state index is 5.19. The molecule has 0 aromatic carbocycles. The van der Waals surface area contributed by atoms with Crippen LogP contribution in [0, 0.1) is 6.92 Å². The number of nitrogens with two attached hydrogens (primary N) is 1. The van der Waals surface area contributed by atoms with Gasteiger partial charge in [-0.2, -0.15) is 0 Å². The summed E-state index contributed by atoms with van der Waals surface area (Å²) in [4.78, 5) is 0. The van der Waals surface area contributed by atoms with Gasteiger partial charge in [0.2, 0.25) is 0 Å². The summed E-state index contributed by atoms with van der Waals surface area (Å²) in [6, 6.07) is -0.141. The molecule has 0 spiro atoms. The van der Waals surface area contributed by atoms with Crippen LogP contribution in [0.25, 0.3) is 0 Å². The maximum atomic E-state index is 5.19. The summed E-state index contributed by atoms with van der Waals surface area (Å²) < 4.78 is 4.67. The second kappa shape index (κ2) is 3.68. The number of rotatable bonds is 3. The number of hydrogen-bond donors (Lipinski definition) is 1. The molecular formula is C5H10NO. The second-order valence-electron chi connectivity index (χ2n) is 1.26. The molecule has 0 aliphatic carbocycles. The van der Waals surface area contributed by atoms with E-state index in [0.29, 0.717) is 6.61 Å². The van der Waals surface area contributed by atoms with Gasteiger partial charge in [0, 0.05) is 6.04 Å². The molecule has 2 nitrogen and oxygen atoms in total. The average molecular weight is 100 g/mol. The van der Waals surface area contributed by atoms with Gasteiger partial charge < -0.3 is 10.5 Å². The van der Waals surface area contributed by atoms with Crippen LogP contribution in [-0.2, 0) is 4.74 Å². The Labute approximate surface area is 44.0 Å². The molecule has 1 atom stereocenters. The minimum Gasteiger partial charge on any atom is -0.500 e. The first-order valence-electron chi connectivity index (χ1n) is 2.08. The molecule has 41 valence electrons. The van der Waals surface area contributed by atoms with E-state index in [2.05, 4.69) is 18.2 Å². The predicted molar refractivity (Wildman–Crippen MR) is 29.5 cm³/mol. The molecule has 0 bridgehead atoms. The summed E-state index contributed by atoms with van der Waals surface area (Å²) in [6.45, 7) is 7.26. The Hall–Kier alpha value is -0.500. The van der Waals surface area contributed by atoms with Crippen molar-refractivity contribution < 1.29 is 4.74 Å². The Morgan fingerprint density at radius 2 is 2.43 bits per heavy atom. The third-order valence-electron chi connectivity index (χ3n) is 0.428. The van der Waals surface area contributed by atoms with Gasteiger partial charge in [0.15, 0.2) is 0 Å². The fraction of sp³-hybridized carbons (Fsp3) is 0.400. The highest BCUT2D eigenvalue weighted by Crippen LogP contribution is 1.76. The van der Waals surface area contributed by atoms with Crippen molar-refractivity contribution in [2.75, 3.05) is 6.61 Å². The normalized spacial score (nSPS) is 12.9. The molecule has 2 N–H and O–H groups in total. The smallest absolute Gasteiger partial charge is 0.102 e. The lowest BCUT2D eigenvalue weighted by Crippen LogP contribution is -2.20. The lowest BCUT2D eigenvalue weighted by Gasteiger charge is -2.00. The largest absolute Gasteiger partial charge is 0.500 e. The Kier molecular flexibility index (Phi) is 3.42. The van der Waals surface area contributed by atoms with Crippen LogP contribution >= 0.6 is 0 Å². The van der Waals surface area contributed by atoms with Crippen LogP contribution in [0.1, 0.15) is 0 Å². The molecule has 0 amide bonds. The van der Waals surface area contributed by atoms with E-state index in [4.69, 9.17) is 5.73 Å². The van der Waals surface area contributed by atoms with Crippen molar-refractivity contribution in [2.24, 2.45) is 5.73 Å². The Morgan fingerprint density at radius 1 is 1.86 bits per heavy atom. The molecule has 1 radical (unpaired) electrons. The third-order valence-corrected chi connectivity index (χ3v) is 0.428. The van der Waals surface area contributed by atoms with Crippen molar-refractivity contribution in [3.63, 3.8) is 0 Å². The van der Waals surface area contributed by atoms with Gasteiger partial charge in [-0.1, -0.05) is 6.58 Å². The van der Waals surface area contributed by atoms with Crippen LogP contribution in [0.3, 0.4) is 0 Å². The van der Waals surface area contributed by atoms with E-state index >= 15 is 0 Å². The third kappa shape index (κ3) is 5.50. The quantitative estimate of drug-likeness (QED) is 0.518. The molecule has 7 heavy (non-hydrogen) atoms. The van der Waals surface area contributed by atoms with Gasteiger partial charge >= 0.3 is 0 Å². The lowest BCUT2D eigenvalue weighted by molar-refractivity contribution is 0.241. The summed E-state index contributed by atoms with van der Waals surface area (Å²) in [5.74, 6) is 0. The highest BCUT2D eigenvalue weighted by atomic mass is 16.5. The van der Waals surface area contributed by atoms with Crippen molar-refractivity contribution >= 4 is 0 Å². The molecule has 0 fully saturated rings. The fourth-order valence-corrected chi connectivity index (χ4v) is 0.192. The van der Waals surface area contributed by atoms with Crippen LogP contribution in [0.5, 0.6) is 0 Å². The van der Waals surface area contributed by atoms with Crippen molar-refractivity contribution in [3.8, 4) is 0 Å². The molecular weight excluding hydrogens is 90.1 g/mol. The van der Waals surface area contributed by atoms with Crippen LogP contribution in [-0.4, -0.2) is 12.6 Å². The van der Waals surface area contributed by atoms with Gasteiger partial charge in [0.05, 0.1) is 6.26 Å². The molecule has 1 unspecified atom stereocenters. The minimum absolute atomic E-state index is 0.141. The van der Waals surface area contributed by atoms with Crippen molar-refractivity contribution in [3.05, 3.63) is 19.8 Å². The van der Waals surface area contributed by atoms with Crippen LogP contribution in [0.15, 0.2) is 12.8 Å². The van der Waals surface area contributed by atoms with E-state index in [9.17, 15) is 0 Å². The minimum atomic E-state index is -0.141. The summed E-state index contributed by atoms with van der Waals surface area (Å²) in [7, 11) is 0. The van der Waals surface area contributed by atoms with E-state index in [1.807, 2.05) is 0 Å². The van der Waals surface area contributed by atoms with Gasteiger partial charge in [-0.3, -0.25) is 0 Å². The molecule has 0 saturated heterocycles. The van der Waals surface area contributed by atoms with Crippen LogP contribution in [0.2, 0.25) is 0 Å². The zero-order chi connectivity index (χ0) is 5.70. The monoisotopic (exact) mass is 100 g/mol. The number of hydrogen-bond acceptors (Lipinski definition) is 2. The first kappa shape index (κ1) is 6.50. The van der Waals surface area contributed by atoms with E-state index in [0.717, 1.165) is 0 Å². The molecule has 0 aromatic heterocycles. The molecule has 0 rings (SSSR count). The van der Waals surface area contributed by atoms with Gasteiger partial charge in [0.1, 0.15) is 6.61 Å². The van der Waals surface area contributed by atoms with Gasteiger partial charge in [-0.25, -0.2) is 0 Å². The Balaban J connectivity index is 2.81. The van der Waals surface area contributed by atoms with Crippen molar-refractivity contribution in [1.29, 1.82) is 0 Å². The van der Waals surface area contributed by atoms with Gasteiger partial charge in [-0.15, -0.1) is 0 Å². The SMILES string of the molecule is [CH2]C(N)COC=C. The van der Waals surface area contributed by atoms with Crippen molar-refractivity contribution in [1.82, 2.24) is 0 Å². The highest BCUT2D eigenvalue weighted by Gasteiger charge is 1.87. The van der Waals surface area contributed by atoms with Crippen LogP contribution in [0.4, 0.5) is 0 Å². The molecule has 0 aromatic rings. The zero-order valence-electron chi connectivity index (χ0n) is 4.26. The molecule has 2 heteroatoms. The Morgan fingerprint density at radius 3 is 2.57 bits per heavy atom. The van der Waals surface area contributed by atoms with E-state index in [1.54, 1.807) is 0 Å². The second-order valence-corrected chi connectivity index (χ2v) is 1.26. The van der Waals surface area contributed by atoms with Crippen LogP contribution < -0.4 is 5.73 Å². The summed E-state index contributed by atoms with van der Waals surface area (Å²) >= 11 is 0.